The molecule has 1 aliphatic rings. The lowest BCUT2D eigenvalue weighted by atomic mass is 9.95. The Balaban J connectivity index is 1.46. The molecule has 0 unspecified atom stereocenters. The Morgan fingerprint density at radius 1 is 1.00 bits per heavy atom. The van der Waals surface area contributed by atoms with Crippen molar-refractivity contribution in [2.45, 2.75) is 26.2 Å². The normalized spacial score (nSPS) is 14.7. The fourth-order valence-electron chi connectivity index (χ4n) is 3.72. The molecule has 0 bridgehead atoms. The summed E-state index contributed by atoms with van der Waals surface area (Å²) in [6, 6.07) is 13.2. The van der Waals surface area contributed by atoms with Crippen LogP contribution in [0.2, 0.25) is 0 Å². The van der Waals surface area contributed by atoms with Crippen LogP contribution in [0, 0.1) is 5.92 Å². The summed E-state index contributed by atoms with van der Waals surface area (Å²) >= 11 is 0. The van der Waals surface area contributed by atoms with Gasteiger partial charge in [-0.15, -0.1) is 0 Å². The Morgan fingerprint density at radius 2 is 1.71 bits per heavy atom. The predicted octanol–water partition coefficient (Wildman–Crippen LogP) is 3.56. The summed E-state index contributed by atoms with van der Waals surface area (Å²) in [5, 5.41) is 5.91. The maximum absolute atomic E-state index is 12.6. The van der Waals surface area contributed by atoms with E-state index < -0.39 is 0 Å². The Hall–Kier alpha value is -3.06. The Morgan fingerprint density at radius 3 is 2.32 bits per heavy atom. The van der Waals surface area contributed by atoms with Gasteiger partial charge in [-0.2, -0.15) is 0 Å². The smallest absolute Gasteiger partial charge is 0.238 e. The summed E-state index contributed by atoms with van der Waals surface area (Å²) in [6.07, 6.45) is 2.45. The van der Waals surface area contributed by atoms with E-state index in [1.807, 2.05) is 24.3 Å². The molecule has 1 saturated heterocycles. The number of likely N-dealkylation sites (tertiary alicyclic amines) is 1. The maximum atomic E-state index is 12.6. The fraction of sp³-hybridized carbons (Fsp3) is 0.417. The van der Waals surface area contributed by atoms with E-state index in [-0.39, 0.29) is 24.3 Å². The van der Waals surface area contributed by atoms with Crippen molar-refractivity contribution in [3.8, 4) is 11.5 Å². The monoisotopic (exact) mass is 425 g/mol. The van der Waals surface area contributed by atoms with Crippen molar-refractivity contribution in [1.29, 1.82) is 0 Å². The number of hydrogen-bond acceptors (Lipinski definition) is 5. The molecular formula is C24H31N3O4. The first-order chi connectivity index (χ1) is 15.0. The van der Waals surface area contributed by atoms with Gasteiger partial charge in [-0.3, -0.25) is 14.5 Å². The topological polar surface area (TPSA) is 79.9 Å². The minimum atomic E-state index is -0.109. The maximum Gasteiger partial charge on any atom is 0.238 e. The summed E-state index contributed by atoms with van der Waals surface area (Å²) in [6.45, 7) is 3.80. The number of anilines is 2. The zero-order valence-electron chi connectivity index (χ0n) is 18.4. The molecule has 7 heteroatoms. The van der Waals surface area contributed by atoms with Gasteiger partial charge in [0.05, 0.1) is 26.5 Å². The average molecular weight is 426 g/mol. The van der Waals surface area contributed by atoms with Crippen LogP contribution >= 0.6 is 0 Å². The molecule has 166 valence electrons. The van der Waals surface area contributed by atoms with Crippen LogP contribution in [0.15, 0.2) is 42.5 Å². The molecule has 31 heavy (non-hydrogen) atoms. The van der Waals surface area contributed by atoms with Crippen LogP contribution < -0.4 is 20.1 Å². The molecule has 3 rings (SSSR count). The molecule has 1 aliphatic heterocycles. The van der Waals surface area contributed by atoms with Gasteiger partial charge in [-0.25, -0.2) is 0 Å². The summed E-state index contributed by atoms with van der Waals surface area (Å²) in [5.41, 5.74) is 2.69. The van der Waals surface area contributed by atoms with E-state index >= 15 is 0 Å². The van der Waals surface area contributed by atoms with Gasteiger partial charge in [0.25, 0.3) is 0 Å². The van der Waals surface area contributed by atoms with E-state index in [1.165, 1.54) is 5.56 Å². The van der Waals surface area contributed by atoms with E-state index in [0.29, 0.717) is 30.3 Å². The summed E-state index contributed by atoms with van der Waals surface area (Å²) in [5.74, 6) is 1.12. The van der Waals surface area contributed by atoms with Gasteiger partial charge >= 0.3 is 0 Å². The van der Waals surface area contributed by atoms with Crippen LogP contribution in [-0.4, -0.2) is 50.6 Å². The van der Waals surface area contributed by atoms with Crippen molar-refractivity contribution >= 4 is 23.2 Å². The Bertz CT molecular complexity index is 890. The van der Waals surface area contributed by atoms with Crippen molar-refractivity contribution in [3.63, 3.8) is 0 Å². The zero-order valence-corrected chi connectivity index (χ0v) is 18.4. The number of amides is 2. The number of aryl methyl sites for hydroxylation is 1. The number of carbonyl (C=O) groups is 2. The summed E-state index contributed by atoms with van der Waals surface area (Å²) in [4.78, 5) is 27.1. The average Bonchev–Trinajstić information content (AvgIpc) is 2.80. The highest BCUT2D eigenvalue weighted by atomic mass is 16.5. The molecule has 2 aromatic rings. The highest BCUT2D eigenvalue weighted by Crippen LogP contribution is 2.29. The van der Waals surface area contributed by atoms with Crippen molar-refractivity contribution in [2.75, 3.05) is 44.5 Å². The number of nitrogens with one attached hydrogen (secondary N) is 2. The molecule has 2 aromatic carbocycles. The molecule has 7 nitrogen and oxygen atoms in total. The quantitative estimate of drug-likeness (QED) is 0.676. The summed E-state index contributed by atoms with van der Waals surface area (Å²) < 4.78 is 10.5. The molecule has 0 spiro atoms. The van der Waals surface area contributed by atoms with Gasteiger partial charge in [0.1, 0.15) is 11.5 Å². The number of rotatable bonds is 8. The molecule has 2 amide bonds. The largest absolute Gasteiger partial charge is 0.497 e. The lowest BCUT2D eigenvalue weighted by Crippen LogP contribution is -2.41. The molecule has 0 aromatic heterocycles. The minimum Gasteiger partial charge on any atom is -0.497 e. The van der Waals surface area contributed by atoms with E-state index in [9.17, 15) is 9.59 Å². The van der Waals surface area contributed by atoms with Crippen LogP contribution in [0.1, 0.15) is 25.3 Å². The molecule has 0 radical (unpaired) electrons. The van der Waals surface area contributed by atoms with Crippen molar-refractivity contribution in [2.24, 2.45) is 5.92 Å². The van der Waals surface area contributed by atoms with Crippen LogP contribution in [0.3, 0.4) is 0 Å². The lowest BCUT2D eigenvalue weighted by molar-refractivity contribution is -0.121. The predicted molar refractivity (Wildman–Crippen MR) is 122 cm³/mol. The molecule has 0 atom stereocenters. The van der Waals surface area contributed by atoms with Crippen LogP contribution in [-0.2, 0) is 16.0 Å². The van der Waals surface area contributed by atoms with Gasteiger partial charge in [-0.05, 0) is 62.2 Å². The van der Waals surface area contributed by atoms with Crippen LogP contribution in [0.25, 0.3) is 0 Å². The lowest BCUT2D eigenvalue weighted by Gasteiger charge is -2.30. The van der Waals surface area contributed by atoms with E-state index in [2.05, 4.69) is 22.5 Å². The minimum absolute atomic E-state index is 0.0353. The van der Waals surface area contributed by atoms with Crippen LogP contribution in [0.5, 0.6) is 11.5 Å². The number of ether oxygens (including phenoxy) is 2. The zero-order chi connectivity index (χ0) is 22.2. The van der Waals surface area contributed by atoms with Crippen molar-refractivity contribution in [3.05, 3.63) is 48.0 Å². The van der Waals surface area contributed by atoms with Gasteiger partial charge in [0.2, 0.25) is 11.8 Å². The Kier molecular flexibility index (Phi) is 7.89. The third-order valence-corrected chi connectivity index (χ3v) is 5.64. The first-order valence-electron chi connectivity index (χ1n) is 10.7. The number of benzene rings is 2. The molecule has 0 saturated carbocycles. The second-order valence-corrected chi connectivity index (χ2v) is 7.70. The Labute approximate surface area is 183 Å². The number of nitrogens with zero attached hydrogens (tertiary/aromatic N) is 1. The highest BCUT2D eigenvalue weighted by molar-refractivity contribution is 5.94. The number of methoxy groups -OCH3 is 2. The molecule has 0 aliphatic carbocycles. The van der Waals surface area contributed by atoms with Gasteiger partial charge < -0.3 is 20.1 Å². The SMILES string of the molecule is CCc1ccc(NC(=O)C2CCN(CC(=O)Nc3ccc(OC)cc3OC)CC2)cc1. The van der Waals surface area contributed by atoms with Crippen LogP contribution in [0.4, 0.5) is 11.4 Å². The van der Waals surface area contributed by atoms with Crippen molar-refractivity contribution < 1.29 is 19.1 Å². The second kappa shape index (κ2) is 10.8. The van der Waals surface area contributed by atoms with E-state index in [1.54, 1.807) is 32.4 Å². The second-order valence-electron chi connectivity index (χ2n) is 7.70. The molecule has 1 fully saturated rings. The van der Waals surface area contributed by atoms with Gasteiger partial charge in [0, 0.05) is 17.7 Å². The molecular weight excluding hydrogens is 394 g/mol. The first kappa shape index (κ1) is 22.6. The molecule has 2 N–H and O–H groups in total. The van der Waals surface area contributed by atoms with Gasteiger partial charge in [-0.1, -0.05) is 19.1 Å². The summed E-state index contributed by atoms with van der Waals surface area (Å²) in [7, 11) is 3.14. The third-order valence-electron chi connectivity index (χ3n) is 5.64. The molecule has 1 heterocycles. The van der Waals surface area contributed by atoms with E-state index in [0.717, 1.165) is 24.9 Å². The fourth-order valence-corrected chi connectivity index (χ4v) is 3.72. The highest BCUT2D eigenvalue weighted by Gasteiger charge is 2.26. The van der Waals surface area contributed by atoms with E-state index in [4.69, 9.17) is 9.47 Å². The first-order valence-corrected chi connectivity index (χ1v) is 10.7. The van der Waals surface area contributed by atoms with Gasteiger partial charge in [0.15, 0.2) is 0 Å². The van der Waals surface area contributed by atoms with Crippen molar-refractivity contribution in [1.82, 2.24) is 4.90 Å². The number of hydrogen-bond donors (Lipinski definition) is 2. The number of piperidine rings is 1. The standard InChI is InChI=1S/C24H31N3O4/c1-4-17-5-7-19(8-6-17)25-24(29)18-11-13-27(14-12-18)16-23(28)26-21-10-9-20(30-2)15-22(21)31-3/h5-10,15,18H,4,11-14,16H2,1-3H3,(H,25,29)(H,26,28). The third kappa shape index (κ3) is 6.21. The number of carbonyl (C=O) groups excluding carboxylic acids is 2.